The molecule has 3 heterocycles. The van der Waals surface area contributed by atoms with Gasteiger partial charge in [-0.15, -0.1) is 11.3 Å². The standard InChI is InChI=1S/C23H27FN4O4S2/c1-23(2,3)32-22(29)28-9-7-14(8-10-28)16-12-33-20-19(16)25-13-26-21(20)27-18-6-5-15(11-17(18)24)34(4,30)31/h5-6,11-14H,7-10H2,1-4H3,(H,25,26,27). The zero-order valence-electron chi connectivity index (χ0n) is 19.5. The molecule has 1 aliphatic rings. The van der Waals surface area contributed by atoms with Crippen molar-refractivity contribution in [2.75, 3.05) is 24.7 Å². The van der Waals surface area contributed by atoms with Crippen molar-refractivity contribution in [3.05, 3.63) is 41.3 Å². The Hall–Kier alpha value is -2.79. The monoisotopic (exact) mass is 506 g/mol. The molecule has 34 heavy (non-hydrogen) atoms. The summed E-state index contributed by atoms with van der Waals surface area (Å²) < 4.78 is 44.2. The van der Waals surface area contributed by atoms with Gasteiger partial charge in [0.15, 0.2) is 15.7 Å². The quantitative estimate of drug-likeness (QED) is 0.526. The fraction of sp³-hybridized carbons (Fsp3) is 0.435. The van der Waals surface area contributed by atoms with Gasteiger partial charge < -0.3 is 15.0 Å². The number of hydrogen-bond donors (Lipinski definition) is 1. The molecule has 3 aromatic rings. The highest BCUT2D eigenvalue weighted by Gasteiger charge is 2.29. The second-order valence-corrected chi connectivity index (χ2v) is 12.3. The van der Waals surface area contributed by atoms with E-state index in [1.807, 2.05) is 26.2 Å². The first-order chi connectivity index (χ1) is 15.9. The molecule has 1 saturated heterocycles. The van der Waals surface area contributed by atoms with Crippen LogP contribution in [0.5, 0.6) is 0 Å². The molecule has 182 valence electrons. The van der Waals surface area contributed by atoms with E-state index in [4.69, 9.17) is 4.74 Å². The van der Waals surface area contributed by atoms with Crippen LogP contribution in [0.3, 0.4) is 0 Å². The number of likely N-dealkylation sites (tertiary alicyclic amines) is 1. The number of ether oxygens (including phenoxy) is 1. The molecule has 1 fully saturated rings. The van der Waals surface area contributed by atoms with Crippen LogP contribution in [0.15, 0.2) is 34.8 Å². The number of thiophene rings is 1. The number of amides is 1. The molecule has 0 spiro atoms. The van der Waals surface area contributed by atoms with Crippen molar-refractivity contribution in [1.82, 2.24) is 14.9 Å². The number of hydrogen-bond acceptors (Lipinski definition) is 8. The first-order valence-electron chi connectivity index (χ1n) is 10.9. The Balaban J connectivity index is 1.51. The third-order valence-corrected chi connectivity index (χ3v) is 7.69. The molecule has 1 amide bonds. The van der Waals surface area contributed by atoms with Gasteiger partial charge in [-0.25, -0.2) is 27.6 Å². The molecular weight excluding hydrogens is 479 g/mol. The molecule has 8 nitrogen and oxygen atoms in total. The van der Waals surface area contributed by atoms with Crippen LogP contribution < -0.4 is 5.32 Å². The molecule has 0 atom stereocenters. The molecule has 11 heteroatoms. The molecule has 0 aliphatic carbocycles. The number of nitrogens with zero attached hydrogens (tertiary/aromatic N) is 3. The van der Waals surface area contributed by atoms with E-state index in [-0.39, 0.29) is 22.6 Å². The summed E-state index contributed by atoms with van der Waals surface area (Å²) in [5.74, 6) is 0.0143. The predicted octanol–water partition coefficient (Wildman–Crippen LogP) is 5.09. The summed E-state index contributed by atoms with van der Waals surface area (Å²) in [5.41, 5.74) is 1.49. The lowest BCUT2D eigenvalue weighted by Gasteiger charge is -2.33. The van der Waals surface area contributed by atoms with Crippen molar-refractivity contribution in [3.8, 4) is 0 Å². The minimum absolute atomic E-state index is 0.0838. The number of anilines is 2. The van der Waals surface area contributed by atoms with Gasteiger partial charge in [-0.2, -0.15) is 0 Å². The molecule has 2 aromatic heterocycles. The van der Waals surface area contributed by atoms with E-state index < -0.39 is 21.3 Å². The summed E-state index contributed by atoms with van der Waals surface area (Å²) >= 11 is 1.47. The van der Waals surface area contributed by atoms with Gasteiger partial charge in [-0.05, 0) is 68.7 Å². The predicted molar refractivity (Wildman–Crippen MR) is 130 cm³/mol. The molecule has 0 saturated carbocycles. The smallest absolute Gasteiger partial charge is 0.410 e. The lowest BCUT2D eigenvalue weighted by Crippen LogP contribution is -2.41. The van der Waals surface area contributed by atoms with Crippen LogP contribution >= 0.6 is 11.3 Å². The number of fused-ring (bicyclic) bond motifs is 1. The largest absolute Gasteiger partial charge is 0.444 e. The third kappa shape index (κ3) is 5.30. The van der Waals surface area contributed by atoms with Crippen molar-refractivity contribution >= 4 is 49.0 Å². The van der Waals surface area contributed by atoms with Gasteiger partial charge in [-0.3, -0.25) is 0 Å². The summed E-state index contributed by atoms with van der Waals surface area (Å²) in [6.07, 6.45) is 3.76. The van der Waals surface area contributed by atoms with Gasteiger partial charge in [0, 0.05) is 19.3 Å². The second kappa shape index (κ2) is 9.10. The van der Waals surface area contributed by atoms with Crippen LogP contribution in [0.25, 0.3) is 10.2 Å². The van der Waals surface area contributed by atoms with Crippen molar-refractivity contribution in [1.29, 1.82) is 0 Å². The van der Waals surface area contributed by atoms with Crippen molar-refractivity contribution in [3.63, 3.8) is 0 Å². The maximum absolute atomic E-state index is 14.6. The van der Waals surface area contributed by atoms with Gasteiger partial charge in [0.05, 0.1) is 20.8 Å². The number of carbonyl (C=O) groups excluding carboxylic acids is 1. The molecular formula is C23H27FN4O4S2. The summed E-state index contributed by atoms with van der Waals surface area (Å²) in [4.78, 5) is 22.8. The Kier molecular flexibility index (Phi) is 6.52. The number of piperidine rings is 1. The minimum atomic E-state index is -3.50. The number of carbonyl (C=O) groups is 1. The van der Waals surface area contributed by atoms with E-state index in [0.717, 1.165) is 40.9 Å². The summed E-state index contributed by atoms with van der Waals surface area (Å²) in [5, 5.41) is 5.02. The maximum Gasteiger partial charge on any atom is 0.410 e. The summed E-state index contributed by atoms with van der Waals surface area (Å²) in [6.45, 7) is 6.77. The molecule has 4 rings (SSSR count). The van der Waals surface area contributed by atoms with Gasteiger partial charge in [0.25, 0.3) is 0 Å². The molecule has 1 N–H and O–H groups in total. The highest BCUT2D eigenvalue weighted by molar-refractivity contribution is 7.90. The number of aromatic nitrogens is 2. The summed E-state index contributed by atoms with van der Waals surface area (Å²) in [7, 11) is -3.50. The van der Waals surface area contributed by atoms with Gasteiger partial charge in [-0.1, -0.05) is 0 Å². The molecule has 1 aromatic carbocycles. The Morgan fingerprint density at radius 1 is 1.24 bits per heavy atom. The lowest BCUT2D eigenvalue weighted by molar-refractivity contribution is 0.0205. The van der Waals surface area contributed by atoms with Crippen LogP contribution in [0.1, 0.15) is 45.1 Å². The van der Waals surface area contributed by atoms with Crippen LogP contribution in [0, 0.1) is 5.82 Å². The van der Waals surface area contributed by atoms with Gasteiger partial charge in [0.1, 0.15) is 17.7 Å². The second-order valence-electron chi connectivity index (χ2n) is 9.37. The third-order valence-electron chi connectivity index (χ3n) is 5.59. The minimum Gasteiger partial charge on any atom is -0.444 e. The van der Waals surface area contributed by atoms with Gasteiger partial charge in [0.2, 0.25) is 0 Å². The number of rotatable bonds is 4. The van der Waals surface area contributed by atoms with Crippen LogP contribution in [0.4, 0.5) is 20.7 Å². The Bertz CT molecular complexity index is 1330. The van der Waals surface area contributed by atoms with Gasteiger partial charge >= 0.3 is 6.09 Å². The van der Waals surface area contributed by atoms with E-state index in [0.29, 0.717) is 18.9 Å². The van der Waals surface area contributed by atoms with Crippen molar-refractivity contribution in [2.45, 2.75) is 50.0 Å². The highest BCUT2D eigenvalue weighted by atomic mass is 32.2. The number of halogens is 1. The van der Waals surface area contributed by atoms with Crippen LogP contribution in [0.2, 0.25) is 0 Å². The normalized spacial score (nSPS) is 15.5. The zero-order chi connectivity index (χ0) is 24.7. The van der Waals surface area contributed by atoms with Crippen LogP contribution in [-0.4, -0.2) is 54.3 Å². The van der Waals surface area contributed by atoms with E-state index in [1.54, 1.807) is 4.90 Å². The average Bonchev–Trinajstić information content (AvgIpc) is 3.18. The van der Waals surface area contributed by atoms with Crippen molar-refractivity contribution < 1.29 is 22.3 Å². The van der Waals surface area contributed by atoms with E-state index >= 15 is 0 Å². The molecule has 0 radical (unpaired) electrons. The number of benzene rings is 1. The highest BCUT2D eigenvalue weighted by Crippen LogP contribution is 2.39. The van der Waals surface area contributed by atoms with E-state index in [1.165, 1.54) is 29.8 Å². The van der Waals surface area contributed by atoms with Crippen molar-refractivity contribution in [2.24, 2.45) is 0 Å². The first-order valence-corrected chi connectivity index (χ1v) is 13.7. The first kappa shape index (κ1) is 24.3. The summed E-state index contributed by atoms with van der Waals surface area (Å²) in [6, 6.07) is 3.74. The average molecular weight is 507 g/mol. The molecule has 0 bridgehead atoms. The van der Waals surface area contributed by atoms with E-state index in [2.05, 4.69) is 15.3 Å². The maximum atomic E-state index is 14.6. The van der Waals surface area contributed by atoms with E-state index in [9.17, 15) is 17.6 Å². The SMILES string of the molecule is CC(C)(C)OC(=O)N1CCC(c2csc3c(Nc4ccc(S(C)(=O)=O)cc4F)ncnc23)CC1. The lowest BCUT2D eigenvalue weighted by atomic mass is 9.90. The number of sulfone groups is 1. The fourth-order valence-corrected chi connectivity index (χ4v) is 5.58. The van der Waals surface area contributed by atoms with Crippen LogP contribution in [-0.2, 0) is 14.6 Å². The molecule has 0 unspecified atom stereocenters. The fourth-order valence-electron chi connectivity index (χ4n) is 3.90. The zero-order valence-corrected chi connectivity index (χ0v) is 21.1. The Morgan fingerprint density at radius 2 is 1.94 bits per heavy atom. The Morgan fingerprint density at radius 3 is 2.56 bits per heavy atom. The Labute approximate surface area is 202 Å². The number of nitrogens with one attached hydrogen (secondary N) is 1. The topological polar surface area (TPSA) is 101 Å². The molecule has 1 aliphatic heterocycles.